The van der Waals surface area contributed by atoms with Crippen molar-refractivity contribution in [3.63, 3.8) is 0 Å². The molecule has 4 heteroatoms. The van der Waals surface area contributed by atoms with Crippen LogP contribution in [0.2, 0.25) is 0 Å². The van der Waals surface area contributed by atoms with Gasteiger partial charge in [-0.3, -0.25) is 0 Å². The number of benzene rings is 1. The smallest absolute Gasteiger partial charge is 0.134 e. The van der Waals surface area contributed by atoms with Gasteiger partial charge < -0.3 is 9.26 Å². The van der Waals surface area contributed by atoms with Crippen molar-refractivity contribution in [2.45, 2.75) is 13.5 Å². The van der Waals surface area contributed by atoms with Crippen LogP contribution in [-0.4, -0.2) is 5.16 Å². The summed E-state index contributed by atoms with van der Waals surface area (Å²) in [5, 5.41) is 3.84. The summed E-state index contributed by atoms with van der Waals surface area (Å²) in [7, 11) is 0. The zero-order valence-corrected chi connectivity index (χ0v) is 9.82. The minimum absolute atomic E-state index is 0.430. The molecular weight excluding hydrogens is 258 g/mol. The number of nitrogens with zero attached hydrogens (tertiary/aromatic N) is 1. The Labute approximate surface area is 96.2 Å². The standard InChI is InChI=1S/C11H10BrNO2/c1-8-6-10(13-15-8)7-14-11-4-2-9(12)3-5-11/h2-6H,7H2,1H3. The molecule has 3 nitrogen and oxygen atoms in total. The van der Waals surface area contributed by atoms with Crippen LogP contribution in [0.5, 0.6) is 5.75 Å². The van der Waals surface area contributed by atoms with Gasteiger partial charge in [0.2, 0.25) is 0 Å². The summed E-state index contributed by atoms with van der Waals surface area (Å²) < 4.78 is 11.5. The van der Waals surface area contributed by atoms with Crippen LogP contribution in [0, 0.1) is 6.92 Å². The van der Waals surface area contributed by atoms with E-state index in [0.29, 0.717) is 6.61 Å². The van der Waals surface area contributed by atoms with Crippen LogP contribution in [0.25, 0.3) is 0 Å². The summed E-state index contributed by atoms with van der Waals surface area (Å²) in [6, 6.07) is 9.53. The molecule has 0 saturated heterocycles. The fraction of sp³-hybridized carbons (Fsp3) is 0.182. The van der Waals surface area contributed by atoms with Crippen molar-refractivity contribution in [2.24, 2.45) is 0 Å². The first-order valence-corrected chi connectivity index (χ1v) is 5.34. The van der Waals surface area contributed by atoms with Crippen molar-refractivity contribution in [3.8, 4) is 5.75 Å². The van der Waals surface area contributed by atoms with Gasteiger partial charge in [-0.05, 0) is 31.2 Å². The summed E-state index contributed by atoms with van der Waals surface area (Å²) >= 11 is 3.36. The van der Waals surface area contributed by atoms with Crippen LogP contribution < -0.4 is 4.74 Å². The molecule has 0 fully saturated rings. The molecule has 1 aromatic heterocycles. The predicted octanol–water partition coefficient (Wildman–Crippen LogP) is 3.32. The second kappa shape index (κ2) is 4.49. The SMILES string of the molecule is Cc1cc(COc2ccc(Br)cc2)no1. The van der Waals surface area contributed by atoms with Crippen LogP contribution in [0.3, 0.4) is 0 Å². The van der Waals surface area contributed by atoms with E-state index in [2.05, 4.69) is 21.1 Å². The third-order valence-corrected chi connectivity index (χ3v) is 2.41. The van der Waals surface area contributed by atoms with E-state index in [1.807, 2.05) is 37.3 Å². The Balaban J connectivity index is 1.96. The van der Waals surface area contributed by atoms with Gasteiger partial charge in [0.15, 0.2) is 0 Å². The highest BCUT2D eigenvalue weighted by Gasteiger charge is 2.01. The van der Waals surface area contributed by atoms with Gasteiger partial charge in [0, 0.05) is 10.5 Å². The molecule has 0 amide bonds. The van der Waals surface area contributed by atoms with Crippen LogP contribution in [0.4, 0.5) is 0 Å². The van der Waals surface area contributed by atoms with Crippen LogP contribution in [0.15, 0.2) is 39.3 Å². The fourth-order valence-electron chi connectivity index (χ4n) is 1.17. The van der Waals surface area contributed by atoms with E-state index in [0.717, 1.165) is 21.7 Å². The number of rotatable bonds is 3. The lowest BCUT2D eigenvalue weighted by molar-refractivity contribution is 0.288. The summed E-state index contributed by atoms with van der Waals surface area (Å²) in [4.78, 5) is 0. The highest BCUT2D eigenvalue weighted by molar-refractivity contribution is 9.10. The fourth-order valence-corrected chi connectivity index (χ4v) is 1.44. The van der Waals surface area contributed by atoms with Gasteiger partial charge in [0.1, 0.15) is 23.8 Å². The summed E-state index contributed by atoms with van der Waals surface area (Å²) in [6.45, 7) is 2.29. The Morgan fingerprint density at radius 1 is 1.33 bits per heavy atom. The van der Waals surface area contributed by atoms with Crippen molar-refractivity contribution in [1.29, 1.82) is 0 Å². The van der Waals surface area contributed by atoms with Crippen molar-refractivity contribution in [2.75, 3.05) is 0 Å². The predicted molar refractivity (Wildman–Crippen MR) is 59.7 cm³/mol. The lowest BCUT2D eigenvalue weighted by atomic mass is 10.3. The van der Waals surface area contributed by atoms with Crippen LogP contribution in [0.1, 0.15) is 11.5 Å². The average Bonchev–Trinajstić information content (AvgIpc) is 2.64. The monoisotopic (exact) mass is 267 g/mol. The molecule has 0 bridgehead atoms. The van der Waals surface area contributed by atoms with Crippen molar-refractivity contribution in [1.82, 2.24) is 5.16 Å². The molecule has 1 heterocycles. The van der Waals surface area contributed by atoms with E-state index in [-0.39, 0.29) is 0 Å². The first-order chi connectivity index (χ1) is 7.24. The van der Waals surface area contributed by atoms with Gasteiger partial charge in [0.25, 0.3) is 0 Å². The van der Waals surface area contributed by atoms with Crippen molar-refractivity contribution >= 4 is 15.9 Å². The first-order valence-electron chi connectivity index (χ1n) is 4.54. The van der Waals surface area contributed by atoms with E-state index in [1.54, 1.807) is 0 Å². The topological polar surface area (TPSA) is 35.3 Å². The number of ether oxygens (including phenoxy) is 1. The third-order valence-electron chi connectivity index (χ3n) is 1.88. The zero-order valence-electron chi connectivity index (χ0n) is 8.24. The molecule has 0 unspecified atom stereocenters. The molecule has 0 saturated carbocycles. The third kappa shape index (κ3) is 2.83. The molecule has 2 aromatic rings. The lowest BCUT2D eigenvalue weighted by Gasteiger charge is -2.02. The average molecular weight is 268 g/mol. The van der Waals surface area contributed by atoms with E-state index in [9.17, 15) is 0 Å². The molecule has 2 rings (SSSR count). The number of aryl methyl sites for hydroxylation is 1. The Morgan fingerprint density at radius 2 is 2.07 bits per heavy atom. The molecule has 0 atom stereocenters. The highest BCUT2D eigenvalue weighted by atomic mass is 79.9. The Bertz CT molecular complexity index is 436. The summed E-state index contributed by atoms with van der Waals surface area (Å²) in [5.41, 5.74) is 0.801. The van der Waals surface area contributed by atoms with E-state index < -0.39 is 0 Å². The highest BCUT2D eigenvalue weighted by Crippen LogP contribution is 2.17. The maximum absolute atomic E-state index is 5.52. The van der Waals surface area contributed by atoms with Crippen LogP contribution in [-0.2, 0) is 6.61 Å². The number of hydrogen-bond donors (Lipinski definition) is 0. The van der Waals surface area contributed by atoms with E-state index in [1.165, 1.54) is 0 Å². The quantitative estimate of drug-likeness (QED) is 0.856. The first kappa shape index (κ1) is 10.2. The molecule has 0 aliphatic carbocycles. The largest absolute Gasteiger partial charge is 0.487 e. The van der Waals surface area contributed by atoms with Gasteiger partial charge in [-0.1, -0.05) is 21.1 Å². The van der Waals surface area contributed by atoms with Gasteiger partial charge in [-0.2, -0.15) is 0 Å². The Morgan fingerprint density at radius 3 is 2.67 bits per heavy atom. The van der Waals surface area contributed by atoms with E-state index in [4.69, 9.17) is 9.26 Å². The molecule has 0 N–H and O–H groups in total. The second-order valence-electron chi connectivity index (χ2n) is 3.17. The summed E-state index contributed by atoms with van der Waals surface area (Å²) in [5.74, 6) is 1.61. The zero-order chi connectivity index (χ0) is 10.7. The van der Waals surface area contributed by atoms with Gasteiger partial charge in [-0.25, -0.2) is 0 Å². The molecule has 15 heavy (non-hydrogen) atoms. The molecule has 0 aliphatic heterocycles. The molecule has 0 radical (unpaired) electrons. The normalized spacial score (nSPS) is 10.3. The molecular formula is C11H10BrNO2. The van der Waals surface area contributed by atoms with Gasteiger partial charge in [0.05, 0.1) is 0 Å². The molecule has 0 aliphatic rings. The maximum atomic E-state index is 5.52. The molecule has 0 spiro atoms. The number of halogens is 1. The second-order valence-corrected chi connectivity index (χ2v) is 4.09. The number of aromatic nitrogens is 1. The van der Waals surface area contributed by atoms with E-state index >= 15 is 0 Å². The minimum atomic E-state index is 0.430. The Kier molecular flexibility index (Phi) is 3.06. The van der Waals surface area contributed by atoms with Crippen LogP contribution >= 0.6 is 15.9 Å². The van der Waals surface area contributed by atoms with Gasteiger partial charge >= 0.3 is 0 Å². The van der Waals surface area contributed by atoms with Crippen molar-refractivity contribution < 1.29 is 9.26 Å². The maximum Gasteiger partial charge on any atom is 0.134 e. The lowest BCUT2D eigenvalue weighted by Crippen LogP contribution is -1.94. The summed E-state index contributed by atoms with van der Waals surface area (Å²) in [6.07, 6.45) is 0. The number of hydrogen-bond acceptors (Lipinski definition) is 3. The molecule has 78 valence electrons. The van der Waals surface area contributed by atoms with Gasteiger partial charge in [-0.15, -0.1) is 0 Å². The Hall–Kier alpha value is -1.29. The minimum Gasteiger partial charge on any atom is -0.487 e. The molecule has 1 aromatic carbocycles. The van der Waals surface area contributed by atoms with Crippen molar-refractivity contribution in [3.05, 3.63) is 46.3 Å².